The van der Waals surface area contributed by atoms with E-state index in [0.29, 0.717) is 27.5 Å². The highest BCUT2D eigenvalue weighted by molar-refractivity contribution is 6.32. The van der Waals surface area contributed by atoms with Gasteiger partial charge in [-0.2, -0.15) is 0 Å². The Balaban J connectivity index is 1.47. The Morgan fingerprint density at radius 3 is 2.41 bits per heavy atom. The van der Waals surface area contributed by atoms with Crippen LogP contribution in [0.5, 0.6) is 17.2 Å². The number of ether oxygens (including phenoxy) is 3. The van der Waals surface area contributed by atoms with Crippen LogP contribution in [0.2, 0.25) is 5.02 Å². The number of fused-ring (bicyclic) bond motifs is 1. The van der Waals surface area contributed by atoms with Gasteiger partial charge in [0.2, 0.25) is 11.2 Å². The van der Waals surface area contributed by atoms with Gasteiger partial charge in [-0.05, 0) is 61.7 Å². The number of carbonyl (C=O) groups is 1. The second kappa shape index (κ2) is 10.0. The first-order valence-electron chi connectivity index (χ1n) is 10.7. The molecule has 0 bridgehead atoms. The van der Waals surface area contributed by atoms with Crippen LogP contribution in [0.4, 0.5) is 0 Å². The van der Waals surface area contributed by atoms with Crippen LogP contribution in [0.15, 0.2) is 76.1 Å². The number of benzene rings is 3. The van der Waals surface area contributed by atoms with Gasteiger partial charge in [0.15, 0.2) is 6.10 Å². The highest BCUT2D eigenvalue weighted by Gasteiger charge is 2.18. The number of halogens is 1. The van der Waals surface area contributed by atoms with Crippen LogP contribution in [-0.2, 0) is 16.1 Å². The van der Waals surface area contributed by atoms with Gasteiger partial charge >= 0.3 is 5.97 Å². The Kier molecular flexibility index (Phi) is 6.89. The molecule has 4 rings (SSSR count). The lowest BCUT2D eigenvalue weighted by Crippen LogP contribution is -2.26. The van der Waals surface area contributed by atoms with E-state index in [2.05, 4.69) is 0 Å². The van der Waals surface area contributed by atoms with Gasteiger partial charge in [-0.25, -0.2) is 4.79 Å². The summed E-state index contributed by atoms with van der Waals surface area (Å²) in [6, 6.07) is 17.6. The van der Waals surface area contributed by atoms with E-state index in [1.54, 1.807) is 37.3 Å². The molecule has 174 valence electrons. The largest absolute Gasteiger partial charge is 0.479 e. The molecule has 0 aliphatic carbocycles. The van der Waals surface area contributed by atoms with Gasteiger partial charge in [-0.3, -0.25) is 4.79 Å². The third-order valence-electron chi connectivity index (χ3n) is 5.22. The quantitative estimate of drug-likeness (QED) is 0.287. The smallest absolute Gasteiger partial charge is 0.347 e. The summed E-state index contributed by atoms with van der Waals surface area (Å²) in [6.45, 7) is 5.49. The van der Waals surface area contributed by atoms with Crippen molar-refractivity contribution < 1.29 is 23.4 Å². The Labute approximate surface area is 201 Å². The fourth-order valence-corrected chi connectivity index (χ4v) is 3.53. The molecular formula is C27H23ClO6. The number of esters is 1. The van der Waals surface area contributed by atoms with Crippen LogP contribution >= 0.6 is 11.6 Å². The first kappa shape index (κ1) is 23.4. The Morgan fingerprint density at radius 1 is 1.00 bits per heavy atom. The molecular weight excluding hydrogens is 456 g/mol. The first-order chi connectivity index (χ1) is 16.3. The van der Waals surface area contributed by atoms with E-state index in [9.17, 15) is 9.59 Å². The van der Waals surface area contributed by atoms with Gasteiger partial charge in [0.05, 0.1) is 5.39 Å². The van der Waals surface area contributed by atoms with Crippen LogP contribution in [-0.4, -0.2) is 12.1 Å². The fraction of sp³-hybridized carbons (Fsp3) is 0.185. The van der Waals surface area contributed by atoms with E-state index in [4.69, 9.17) is 30.2 Å². The van der Waals surface area contributed by atoms with Gasteiger partial charge in [-0.1, -0.05) is 41.9 Å². The average molecular weight is 479 g/mol. The lowest BCUT2D eigenvalue weighted by atomic mass is 10.1. The van der Waals surface area contributed by atoms with E-state index < -0.39 is 12.1 Å². The van der Waals surface area contributed by atoms with E-state index in [1.807, 2.05) is 44.2 Å². The minimum Gasteiger partial charge on any atom is -0.479 e. The summed E-state index contributed by atoms with van der Waals surface area (Å²) in [4.78, 5) is 25.2. The number of hydrogen-bond acceptors (Lipinski definition) is 6. The van der Waals surface area contributed by atoms with Crippen molar-refractivity contribution in [3.05, 3.63) is 98.9 Å². The summed E-state index contributed by atoms with van der Waals surface area (Å²) >= 11 is 6.20. The highest BCUT2D eigenvalue weighted by Crippen LogP contribution is 2.29. The van der Waals surface area contributed by atoms with Gasteiger partial charge in [-0.15, -0.1) is 0 Å². The topological polar surface area (TPSA) is 75.0 Å². The van der Waals surface area contributed by atoms with Crippen LogP contribution in [0.1, 0.15) is 23.6 Å². The predicted molar refractivity (Wildman–Crippen MR) is 130 cm³/mol. The van der Waals surface area contributed by atoms with E-state index in [0.717, 1.165) is 16.7 Å². The van der Waals surface area contributed by atoms with E-state index in [1.165, 1.54) is 6.26 Å². The molecule has 1 atom stereocenters. The molecule has 6 nitrogen and oxygen atoms in total. The second-order valence-electron chi connectivity index (χ2n) is 7.91. The average Bonchev–Trinajstić information content (AvgIpc) is 2.83. The summed E-state index contributed by atoms with van der Waals surface area (Å²) in [5.41, 5.74) is 2.56. The van der Waals surface area contributed by atoms with Crippen molar-refractivity contribution in [1.82, 2.24) is 0 Å². The van der Waals surface area contributed by atoms with Gasteiger partial charge in [0, 0.05) is 11.1 Å². The Bertz CT molecular complexity index is 1370. The third kappa shape index (κ3) is 5.24. The lowest BCUT2D eigenvalue weighted by molar-refractivity contribution is -0.152. The molecule has 0 saturated carbocycles. The van der Waals surface area contributed by atoms with Gasteiger partial charge < -0.3 is 18.6 Å². The molecule has 7 heteroatoms. The normalized spacial score (nSPS) is 11.8. The maximum Gasteiger partial charge on any atom is 0.347 e. The summed E-state index contributed by atoms with van der Waals surface area (Å²) in [7, 11) is 0. The number of aryl methyl sites for hydroxylation is 2. The molecule has 0 aliphatic rings. The van der Waals surface area contributed by atoms with Gasteiger partial charge in [0.1, 0.15) is 30.0 Å². The van der Waals surface area contributed by atoms with Crippen LogP contribution < -0.4 is 14.9 Å². The minimum atomic E-state index is -0.841. The predicted octanol–water partition coefficient (Wildman–Crippen LogP) is 6.37. The molecule has 1 unspecified atom stereocenters. The van der Waals surface area contributed by atoms with Crippen molar-refractivity contribution in [1.29, 1.82) is 0 Å². The lowest BCUT2D eigenvalue weighted by Gasteiger charge is -2.14. The van der Waals surface area contributed by atoms with E-state index >= 15 is 0 Å². The molecule has 0 amide bonds. The van der Waals surface area contributed by atoms with Crippen molar-refractivity contribution in [3.63, 3.8) is 0 Å². The minimum absolute atomic E-state index is 0.0557. The third-order valence-corrected chi connectivity index (χ3v) is 5.82. The molecule has 0 N–H and O–H groups in total. The zero-order valence-corrected chi connectivity index (χ0v) is 19.7. The molecule has 4 aromatic rings. The molecule has 34 heavy (non-hydrogen) atoms. The van der Waals surface area contributed by atoms with Crippen molar-refractivity contribution in [2.75, 3.05) is 0 Å². The number of rotatable bonds is 7. The molecule has 0 radical (unpaired) electrons. The molecule has 0 aliphatic heterocycles. The van der Waals surface area contributed by atoms with Crippen LogP contribution in [0.3, 0.4) is 0 Å². The molecule has 1 aromatic heterocycles. The maximum atomic E-state index is 12.9. The molecule has 0 fully saturated rings. The fourth-order valence-electron chi connectivity index (χ4n) is 3.43. The molecule has 0 saturated heterocycles. The highest BCUT2D eigenvalue weighted by atomic mass is 35.5. The molecule has 0 spiro atoms. The SMILES string of the molecule is Cc1cc(Oc2coc3cc(OC(C)C(=O)OCc4ccccc4)ccc3c2=O)cc(C)c1Cl. The molecule has 1 heterocycles. The van der Waals surface area contributed by atoms with Crippen molar-refractivity contribution >= 4 is 28.5 Å². The van der Waals surface area contributed by atoms with E-state index in [-0.39, 0.29) is 17.8 Å². The summed E-state index contributed by atoms with van der Waals surface area (Å²) in [5.74, 6) is 0.425. The monoisotopic (exact) mass is 478 g/mol. The summed E-state index contributed by atoms with van der Waals surface area (Å²) in [6.07, 6.45) is 0.414. The number of carbonyl (C=O) groups excluding carboxylic acids is 1. The zero-order valence-electron chi connectivity index (χ0n) is 19.0. The second-order valence-corrected chi connectivity index (χ2v) is 8.29. The maximum absolute atomic E-state index is 12.9. The zero-order chi connectivity index (χ0) is 24.2. The first-order valence-corrected chi connectivity index (χ1v) is 11.1. The molecule has 3 aromatic carbocycles. The van der Waals surface area contributed by atoms with Crippen molar-refractivity contribution in [2.24, 2.45) is 0 Å². The Hall–Kier alpha value is -3.77. The number of hydrogen-bond donors (Lipinski definition) is 0. The van der Waals surface area contributed by atoms with Crippen molar-refractivity contribution in [3.8, 4) is 17.2 Å². The Morgan fingerprint density at radius 2 is 1.71 bits per heavy atom. The summed E-state index contributed by atoms with van der Waals surface area (Å²) < 4.78 is 22.4. The van der Waals surface area contributed by atoms with Crippen LogP contribution in [0, 0.1) is 13.8 Å². The van der Waals surface area contributed by atoms with Crippen molar-refractivity contribution in [2.45, 2.75) is 33.5 Å². The standard InChI is InChI=1S/C27H23ClO6/c1-16-11-21(12-17(2)25(16)28)34-24-15-31-23-13-20(9-10-22(23)26(24)29)33-18(3)27(30)32-14-19-7-5-4-6-8-19/h4-13,15,18H,14H2,1-3H3. The summed E-state index contributed by atoms with van der Waals surface area (Å²) in [5, 5.41) is 0.982. The van der Waals surface area contributed by atoms with Crippen LogP contribution in [0.25, 0.3) is 11.0 Å². The van der Waals surface area contributed by atoms with Gasteiger partial charge in [0.25, 0.3) is 0 Å².